The van der Waals surface area contributed by atoms with Crippen molar-refractivity contribution in [3.05, 3.63) is 69.4 Å². The zero-order chi connectivity index (χ0) is 13.3. The van der Waals surface area contributed by atoms with Crippen LogP contribution in [0.2, 0.25) is 0 Å². The highest BCUT2D eigenvalue weighted by atomic mass is 79.9. The molecule has 2 aromatic rings. The van der Waals surface area contributed by atoms with Crippen molar-refractivity contribution >= 4 is 21.7 Å². The van der Waals surface area contributed by atoms with Gasteiger partial charge in [-0.3, -0.25) is 4.79 Å². The number of rotatable bonds is 2. The number of carbonyl (C=O) groups excluding carboxylic acids is 1. The maximum absolute atomic E-state index is 13.4. The molecule has 2 aromatic carbocycles. The van der Waals surface area contributed by atoms with E-state index in [2.05, 4.69) is 15.9 Å². The molecule has 0 fully saturated rings. The summed E-state index contributed by atoms with van der Waals surface area (Å²) in [5.41, 5.74) is -0.316. The number of ketones is 1. The lowest BCUT2D eigenvalue weighted by Gasteiger charge is -2.06. The predicted molar refractivity (Wildman–Crippen MR) is 63.9 cm³/mol. The normalized spacial score (nSPS) is 10.4. The molecule has 0 aliphatic rings. The van der Waals surface area contributed by atoms with E-state index in [4.69, 9.17) is 0 Å². The summed E-state index contributed by atoms with van der Waals surface area (Å²) in [7, 11) is 0. The molecule has 0 radical (unpaired) electrons. The number of hydrogen-bond acceptors (Lipinski definition) is 1. The molecule has 92 valence electrons. The van der Waals surface area contributed by atoms with Crippen molar-refractivity contribution in [1.82, 2.24) is 0 Å². The first-order valence-corrected chi connectivity index (χ1v) is 5.74. The summed E-state index contributed by atoms with van der Waals surface area (Å²) in [6.07, 6.45) is 0. The SMILES string of the molecule is O=C(c1ccccc1F)c1ccc(F)c(F)c1Br. The average Bonchev–Trinajstić information content (AvgIpc) is 2.36. The molecule has 0 spiro atoms. The molecular weight excluding hydrogens is 309 g/mol. The van der Waals surface area contributed by atoms with Gasteiger partial charge in [0.2, 0.25) is 0 Å². The van der Waals surface area contributed by atoms with E-state index in [9.17, 15) is 18.0 Å². The molecule has 2 rings (SSSR count). The summed E-state index contributed by atoms with van der Waals surface area (Å²) < 4.78 is 39.3. The Labute approximate surface area is 109 Å². The first kappa shape index (κ1) is 12.8. The molecule has 0 aliphatic carbocycles. The van der Waals surface area contributed by atoms with Crippen molar-refractivity contribution in [2.75, 3.05) is 0 Å². The summed E-state index contributed by atoms with van der Waals surface area (Å²) >= 11 is 2.80. The summed E-state index contributed by atoms with van der Waals surface area (Å²) in [4.78, 5) is 12.0. The van der Waals surface area contributed by atoms with Crippen LogP contribution in [0.3, 0.4) is 0 Å². The molecule has 18 heavy (non-hydrogen) atoms. The van der Waals surface area contributed by atoms with Crippen LogP contribution in [-0.4, -0.2) is 5.78 Å². The lowest BCUT2D eigenvalue weighted by molar-refractivity contribution is 0.103. The van der Waals surface area contributed by atoms with Crippen LogP contribution in [0, 0.1) is 17.5 Å². The van der Waals surface area contributed by atoms with Gasteiger partial charge in [0.25, 0.3) is 0 Å². The van der Waals surface area contributed by atoms with Gasteiger partial charge in [-0.05, 0) is 40.2 Å². The maximum Gasteiger partial charge on any atom is 0.197 e. The smallest absolute Gasteiger partial charge is 0.197 e. The van der Waals surface area contributed by atoms with Gasteiger partial charge in [-0.1, -0.05) is 12.1 Å². The van der Waals surface area contributed by atoms with Gasteiger partial charge in [-0.2, -0.15) is 0 Å². The van der Waals surface area contributed by atoms with Crippen molar-refractivity contribution < 1.29 is 18.0 Å². The number of hydrogen-bond donors (Lipinski definition) is 0. The van der Waals surface area contributed by atoms with E-state index in [0.29, 0.717) is 0 Å². The second-order valence-corrected chi connectivity index (χ2v) is 4.32. The van der Waals surface area contributed by atoms with E-state index >= 15 is 0 Å². The quantitative estimate of drug-likeness (QED) is 0.602. The largest absolute Gasteiger partial charge is 0.288 e. The van der Waals surface area contributed by atoms with E-state index in [1.165, 1.54) is 18.2 Å². The standard InChI is InChI=1S/C13H6BrF3O/c14-11-8(5-6-10(16)12(11)17)13(18)7-3-1-2-4-9(7)15/h1-6H. The third kappa shape index (κ3) is 2.18. The highest BCUT2D eigenvalue weighted by Crippen LogP contribution is 2.25. The Morgan fingerprint density at radius 3 is 2.22 bits per heavy atom. The minimum Gasteiger partial charge on any atom is -0.288 e. The molecule has 0 saturated heterocycles. The van der Waals surface area contributed by atoms with Gasteiger partial charge < -0.3 is 0 Å². The highest BCUT2D eigenvalue weighted by molar-refractivity contribution is 9.10. The van der Waals surface area contributed by atoms with Crippen LogP contribution in [0.4, 0.5) is 13.2 Å². The van der Waals surface area contributed by atoms with Crippen molar-refractivity contribution in [3.8, 4) is 0 Å². The number of benzene rings is 2. The van der Waals surface area contributed by atoms with Crippen LogP contribution in [-0.2, 0) is 0 Å². The van der Waals surface area contributed by atoms with Crippen LogP contribution >= 0.6 is 15.9 Å². The molecule has 0 N–H and O–H groups in total. The van der Waals surface area contributed by atoms with E-state index in [0.717, 1.165) is 18.2 Å². The second-order valence-electron chi connectivity index (χ2n) is 3.53. The van der Waals surface area contributed by atoms with Crippen LogP contribution in [0.15, 0.2) is 40.9 Å². The highest BCUT2D eigenvalue weighted by Gasteiger charge is 2.20. The average molecular weight is 315 g/mol. The van der Waals surface area contributed by atoms with Gasteiger partial charge in [0.15, 0.2) is 17.4 Å². The van der Waals surface area contributed by atoms with Gasteiger partial charge in [0, 0.05) is 5.56 Å². The molecule has 1 nitrogen and oxygen atoms in total. The third-order valence-electron chi connectivity index (χ3n) is 2.40. The maximum atomic E-state index is 13.4. The summed E-state index contributed by atoms with van der Waals surface area (Å²) in [6, 6.07) is 7.27. The zero-order valence-corrected chi connectivity index (χ0v) is 10.5. The Hall–Kier alpha value is -1.62. The Morgan fingerprint density at radius 1 is 0.889 bits per heavy atom. The van der Waals surface area contributed by atoms with Gasteiger partial charge in [0.1, 0.15) is 5.82 Å². The minimum absolute atomic E-state index is 0.126. The lowest BCUT2D eigenvalue weighted by atomic mass is 10.0. The number of carbonyl (C=O) groups is 1. The molecule has 0 bridgehead atoms. The fourth-order valence-electron chi connectivity index (χ4n) is 1.49. The van der Waals surface area contributed by atoms with E-state index < -0.39 is 23.2 Å². The van der Waals surface area contributed by atoms with Crippen molar-refractivity contribution in [2.45, 2.75) is 0 Å². The first-order chi connectivity index (χ1) is 8.52. The topological polar surface area (TPSA) is 17.1 Å². The Morgan fingerprint density at radius 2 is 1.56 bits per heavy atom. The van der Waals surface area contributed by atoms with Gasteiger partial charge in [-0.25, -0.2) is 13.2 Å². The van der Waals surface area contributed by atoms with Gasteiger partial charge in [-0.15, -0.1) is 0 Å². The van der Waals surface area contributed by atoms with E-state index in [-0.39, 0.29) is 15.6 Å². The van der Waals surface area contributed by atoms with Crippen LogP contribution < -0.4 is 0 Å². The second kappa shape index (κ2) is 4.94. The van der Waals surface area contributed by atoms with Crippen molar-refractivity contribution in [1.29, 1.82) is 0 Å². The lowest BCUT2D eigenvalue weighted by Crippen LogP contribution is -2.06. The molecule has 0 saturated carbocycles. The van der Waals surface area contributed by atoms with E-state index in [1.54, 1.807) is 0 Å². The van der Waals surface area contributed by atoms with Crippen LogP contribution in [0.5, 0.6) is 0 Å². The molecule has 5 heteroatoms. The minimum atomic E-state index is -1.17. The Kier molecular flexibility index (Phi) is 3.52. The molecule has 0 aromatic heterocycles. The Bertz CT molecular complexity index is 626. The summed E-state index contributed by atoms with van der Waals surface area (Å²) in [5, 5.41) is 0. The Balaban J connectivity index is 2.54. The molecule has 0 amide bonds. The zero-order valence-electron chi connectivity index (χ0n) is 8.88. The van der Waals surface area contributed by atoms with Crippen LogP contribution in [0.25, 0.3) is 0 Å². The van der Waals surface area contributed by atoms with Crippen molar-refractivity contribution in [3.63, 3.8) is 0 Å². The molecule has 0 aliphatic heterocycles. The monoisotopic (exact) mass is 314 g/mol. The molecule has 0 heterocycles. The van der Waals surface area contributed by atoms with Gasteiger partial charge >= 0.3 is 0 Å². The van der Waals surface area contributed by atoms with E-state index in [1.807, 2.05) is 0 Å². The van der Waals surface area contributed by atoms with Crippen LogP contribution in [0.1, 0.15) is 15.9 Å². The molecular formula is C13H6BrF3O. The van der Waals surface area contributed by atoms with Crippen molar-refractivity contribution in [2.24, 2.45) is 0 Å². The molecule has 0 unspecified atom stereocenters. The summed E-state index contributed by atoms with van der Waals surface area (Å²) in [6.45, 7) is 0. The predicted octanol–water partition coefficient (Wildman–Crippen LogP) is 4.10. The summed E-state index contributed by atoms with van der Waals surface area (Å²) in [5.74, 6) is -3.66. The number of halogens is 4. The fourth-order valence-corrected chi connectivity index (χ4v) is 1.99. The van der Waals surface area contributed by atoms with Gasteiger partial charge in [0.05, 0.1) is 10.0 Å². The third-order valence-corrected chi connectivity index (χ3v) is 3.17. The molecule has 0 atom stereocenters. The fraction of sp³-hybridized carbons (Fsp3) is 0. The first-order valence-electron chi connectivity index (χ1n) is 4.95.